The fraction of sp³-hybridized carbons (Fsp3) is 0.545. The first-order chi connectivity index (χ1) is 6.88. The number of hydrogen-bond acceptors (Lipinski definition) is 3. The quantitative estimate of drug-likeness (QED) is 0.822. The number of rotatable bonds is 3. The Hall–Kier alpha value is -0.290. The van der Waals surface area contributed by atoms with Crippen LogP contribution < -0.4 is 5.32 Å². The Morgan fingerprint density at radius 3 is 2.56 bits per heavy atom. The maximum absolute atomic E-state index is 9.82. The molecule has 1 atom stereocenters. The van der Waals surface area contributed by atoms with E-state index in [2.05, 4.69) is 10.3 Å². The third-order valence-corrected chi connectivity index (χ3v) is 2.11. The number of aromatic nitrogens is 1. The Morgan fingerprint density at radius 1 is 1.44 bits per heavy atom. The van der Waals surface area contributed by atoms with Gasteiger partial charge in [0.1, 0.15) is 11.3 Å². The summed E-state index contributed by atoms with van der Waals surface area (Å²) in [6.07, 6.45) is -0.622. The number of hydrogen-bond donors (Lipinski definition) is 2. The highest BCUT2D eigenvalue weighted by molar-refractivity contribution is 7.59. The van der Waals surface area contributed by atoms with Crippen molar-refractivity contribution in [1.29, 1.82) is 0 Å². The van der Waals surface area contributed by atoms with E-state index in [0.717, 1.165) is 0 Å². The van der Waals surface area contributed by atoms with Gasteiger partial charge in [-0.3, -0.25) is 0 Å². The molecule has 0 aliphatic heterocycles. The second-order valence-corrected chi connectivity index (χ2v) is 4.92. The fourth-order valence-corrected chi connectivity index (χ4v) is 1.29. The molecule has 1 rings (SSSR count). The van der Waals surface area contributed by atoms with Gasteiger partial charge in [-0.25, -0.2) is 4.98 Å². The number of β-amino-alcohol motifs (C(OH)–C–C–N with tert-alkyl or cyclic N) is 1. The fourth-order valence-electron chi connectivity index (χ4n) is 1.12. The minimum absolute atomic E-state index is 0. The zero-order chi connectivity index (χ0) is 11.5. The Labute approximate surface area is 109 Å². The van der Waals surface area contributed by atoms with Crippen molar-refractivity contribution in [3.05, 3.63) is 29.0 Å². The molecule has 0 aliphatic carbocycles. The third kappa shape index (κ3) is 5.70. The summed E-state index contributed by atoms with van der Waals surface area (Å²) in [6, 6.07) is 5.24. The highest BCUT2D eigenvalue weighted by Gasteiger charge is 2.14. The lowest BCUT2D eigenvalue weighted by atomic mass is 10.1. The van der Waals surface area contributed by atoms with Crippen LogP contribution in [0.1, 0.15) is 32.6 Å². The molecule has 0 fully saturated rings. The lowest BCUT2D eigenvalue weighted by molar-refractivity contribution is 0.159. The maximum atomic E-state index is 9.82. The summed E-state index contributed by atoms with van der Waals surface area (Å²) in [5.74, 6) is 0. The lowest BCUT2D eigenvalue weighted by Crippen LogP contribution is -2.38. The maximum Gasteiger partial charge on any atom is 0.129 e. The lowest BCUT2D eigenvalue weighted by Gasteiger charge is -2.22. The summed E-state index contributed by atoms with van der Waals surface area (Å²) < 4.78 is 0. The minimum Gasteiger partial charge on any atom is -0.385 e. The van der Waals surface area contributed by atoms with Gasteiger partial charge in [-0.15, -0.1) is 0 Å². The SMILES string of the molecule is CC(C)(C)NC[C@H](O)c1cccc(Cl)n1.S. The van der Waals surface area contributed by atoms with Crippen molar-refractivity contribution in [1.82, 2.24) is 10.3 Å². The molecule has 0 amide bonds. The molecule has 0 aromatic carbocycles. The van der Waals surface area contributed by atoms with Crippen molar-refractivity contribution < 1.29 is 5.11 Å². The highest BCUT2D eigenvalue weighted by Crippen LogP contribution is 2.13. The van der Waals surface area contributed by atoms with Gasteiger partial charge in [0.05, 0.1) is 5.69 Å². The molecule has 0 unspecified atom stereocenters. The Kier molecular flexibility index (Phi) is 6.33. The van der Waals surface area contributed by atoms with E-state index in [1.54, 1.807) is 18.2 Å². The predicted octanol–water partition coefficient (Wildman–Crippen LogP) is 2.27. The number of aliphatic hydroxyl groups is 1. The van der Waals surface area contributed by atoms with Crippen LogP contribution in [0.3, 0.4) is 0 Å². The summed E-state index contributed by atoms with van der Waals surface area (Å²) in [7, 11) is 0. The van der Waals surface area contributed by atoms with Gasteiger partial charge in [0.25, 0.3) is 0 Å². The van der Waals surface area contributed by atoms with Crippen LogP contribution in [0.2, 0.25) is 5.15 Å². The van der Waals surface area contributed by atoms with Crippen LogP contribution >= 0.6 is 25.1 Å². The van der Waals surface area contributed by atoms with Crippen molar-refractivity contribution in [2.45, 2.75) is 32.4 Å². The Balaban J connectivity index is 0.00000225. The van der Waals surface area contributed by atoms with Crippen molar-refractivity contribution in [3.63, 3.8) is 0 Å². The summed E-state index contributed by atoms with van der Waals surface area (Å²) in [4.78, 5) is 4.05. The second-order valence-electron chi connectivity index (χ2n) is 4.53. The van der Waals surface area contributed by atoms with Crippen molar-refractivity contribution in [3.8, 4) is 0 Å². The van der Waals surface area contributed by atoms with Crippen LogP contribution in [0.5, 0.6) is 0 Å². The number of nitrogens with zero attached hydrogens (tertiary/aromatic N) is 1. The van der Waals surface area contributed by atoms with Gasteiger partial charge in [-0.05, 0) is 32.9 Å². The molecule has 5 heteroatoms. The van der Waals surface area contributed by atoms with Crippen molar-refractivity contribution >= 4 is 25.1 Å². The summed E-state index contributed by atoms with van der Waals surface area (Å²) in [6.45, 7) is 6.61. The van der Waals surface area contributed by atoms with Crippen LogP contribution in [0, 0.1) is 0 Å². The van der Waals surface area contributed by atoms with Crippen LogP contribution in [0.4, 0.5) is 0 Å². The number of nitrogens with one attached hydrogen (secondary N) is 1. The first-order valence-corrected chi connectivity index (χ1v) is 5.32. The van der Waals surface area contributed by atoms with Crippen LogP contribution in [0.25, 0.3) is 0 Å². The first kappa shape index (κ1) is 15.7. The summed E-state index contributed by atoms with van der Waals surface area (Å²) in [5.41, 5.74) is 0.582. The molecule has 0 radical (unpaired) electrons. The summed E-state index contributed by atoms with van der Waals surface area (Å²) in [5, 5.41) is 13.4. The standard InChI is InChI=1S/C11H17ClN2O.H2S/c1-11(2,3)13-7-9(15)8-5-4-6-10(12)14-8;/h4-6,9,13,15H,7H2,1-3H3;1H2/t9-;/m0./s1. The van der Waals surface area contributed by atoms with E-state index in [9.17, 15) is 5.11 Å². The van der Waals surface area contributed by atoms with E-state index in [1.807, 2.05) is 20.8 Å². The van der Waals surface area contributed by atoms with Gasteiger partial charge < -0.3 is 10.4 Å². The Bertz CT molecular complexity index is 328. The van der Waals surface area contributed by atoms with E-state index in [4.69, 9.17) is 11.6 Å². The number of halogens is 1. The van der Waals surface area contributed by atoms with Crippen molar-refractivity contribution in [2.24, 2.45) is 0 Å². The first-order valence-electron chi connectivity index (χ1n) is 4.94. The minimum atomic E-state index is -0.622. The van der Waals surface area contributed by atoms with Crippen LogP contribution in [0.15, 0.2) is 18.2 Å². The van der Waals surface area contributed by atoms with Crippen LogP contribution in [-0.2, 0) is 0 Å². The molecule has 2 N–H and O–H groups in total. The largest absolute Gasteiger partial charge is 0.385 e. The molecular weight excluding hydrogens is 244 g/mol. The normalized spacial score (nSPS) is 13.1. The third-order valence-electron chi connectivity index (χ3n) is 1.90. The molecule has 3 nitrogen and oxygen atoms in total. The molecule has 1 heterocycles. The topological polar surface area (TPSA) is 45.1 Å². The average molecular weight is 263 g/mol. The van der Waals surface area contributed by atoms with E-state index in [0.29, 0.717) is 17.4 Å². The molecule has 16 heavy (non-hydrogen) atoms. The van der Waals surface area contributed by atoms with Gasteiger partial charge in [0.15, 0.2) is 0 Å². The Morgan fingerprint density at radius 2 is 2.06 bits per heavy atom. The van der Waals surface area contributed by atoms with Gasteiger partial charge >= 0.3 is 0 Å². The molecule has 0 saturated carbocycles. The molecule has 0 spiro atoms. The van der Waals surface area contributed by atoms with Gasteiger partial charge in [0.2, 0.25) is 0 Å². The van der Waals surface area contributed by atoms with Gasteiger partial charge in [0, 0.05) is 12.1 Å². The van der Waals surface area contributed by atoms with E-state index in [1.165, 1.54) is 0 Å². The number of pyridine rings is 1. The highest BCUT2D eigenvalue weighted by atomic mass is 35.5. The molecular formula is C11H19ClN2OS. The number of aliphatic hydroxyl groups excluding tert-OH is 1. The van der Waals surface area contributed by atoms with Gasteiger partial charge in [-0.1, -0.05) is 17.7 Å². The summed E-state index contributed by atoms with van der Waals surface area (Å²) >= 11 is 5.74. The predicted molar refractivity (Wildman–Crippen MR) is 72.3 cm³/mol. The average Bonchev–Trinajstić information content (AvgIpc) is 2.13. The smallest absolute Gasteiger partial charge is 0.129 e. The molecule has 1 aromatic rings. The molecule has 0 bridgehead atoms. The molecule has 0 aliphatic rings. The second kappa shape index (κ2) is 6.45. The monoisotopic (exact) mass is 262 g/mol. The molecule has 1 aromatic heterocycles. The molecule has 0 saturated heterocycles. The zero-order valence-corrected chi connectivity index (χ0v) is 11.5. The zero-order valence-electron chi connectivity index (χ0n) is 9.79. The van der Waals surface area contributed by atoms with Gasteiger partial charge in [-0.2, -0.15) is 13.5 Å². The van der Waals surface area contributed by atoms with E-state index < -0.39 is 6.10 Å². The van der Waals surface area contributed by atoms with E-state index in [-0.39, 0.29) is 19.0 Å². The van der Waals surface area contributed by atoms with Crippen LogP contribution in [-0.4, -0.2) is 22.2 Å². The van der Waals surface area contributed by atoms with Crippen molar-refractivity contribution in [2.75, 3.05) is 6.54 Å². The van der Waals surface area contributed by atoms with E-state index >= 15 is 0 Å². The molecule has 92 valence electrons.